The maximum atomic E-state index is 11.2. The van der Waals surface area contributed by atoms with Crippen molar-refractivity contribution in [2.24, 2.45) is 5.92 Å². The van der Waals surface area contributed by atoms with Gasteiger partial charge in [0.1, 0.15) is 0 Å². The van der Waals surface area contributed by atoms with Crippen LogP contribution in [0.1, 0.15) is 39.5 Å². The van der Waals surface area contributed by atoms with Crippen molar-refractivity contribution in [3.05, 3.63) is 11.8 Å². The van der Waals surface area contributed by atoms with E-state index in [9.17, 15) is 14.7 Å². The van der Waals surface area contributed by atoms with E-state index in [1.165, 1.54) is 7.11 Å². The van der Waals surface area contributed by atoms with Crippen molar-refractivity contribution < 1.29 is 24.2 Å². The largest absolute Gasteiger partial charge is 0.512 e. The SMILES string of the molecule is COC(=O)CCCC/C(O)=C/C(=O)OCC(C)C. The van der Waals surface area contributed by atoms with Crippen LogP contribution in [0.2, 0.25) is 0 Å². The number of allylic oxidation sites excluding steroid dienone is 1. The highest BCUT2D eigenvalue weighted by Crippen LogP contribution is 2.07. The summed E-state index contributed by atoms with van der Waals surface area (Å²) in [5.41, 5.74) is 0. The van der Waals surface area contributed by atoms with Crippen LogP contribution in [0.4, 0.5) is 0 Å². The molecule has 0 fully saturated rings. The Labute approximate surface area is 108 Å². The van der Waals surface area contributed by atoms with Crippen LogP contribution in [0.25, 0.3) is 0 Å². The molecular formula is C13H22O5. The fraction of sp³-hybridized carbons (Fsp3) is 0.692. The molecule has 5 heteroatoms. The minimum absolute atomic E-state index is 0.0198. The van der Waals surface area contributed by atoms with E-state index in [4.69, 9.17) is 4.74 Å². The highest BCUT2D eigenvalue weighted by atomic mass is 16.5. The predicted octanol–water partition coefficient (Wildman–Crippen LogP) is 2.36. The highest BCUT2D eigenvalue weighted by molar-refractivity contribution is 5.82. The first-order valence-corrected chi connectivity index (χ1v) is 6.08. The molecule has 5 nitrogen and oxygen atoms in total. The van der Waals surface area contributed by atoms with Crippen molar-refractivity contribution in [3.8, 4) is 0 Å². The van der Waals surface area contributed by atoms with Gasteiger partial charge < -0.3 is 14.6 Å². The van der Waals surface area contributed by atoms with Gasteiger partial charge in [-0.25, -0.2) is 4.79 Å². The Balaban J connectivity index is 3.76. The van der Waals surface area contributed by atoms with E-state index in [0.29, 0.717) is 32.3 Å². The normalized spacial score (nSPS) is 11.4. The number of carbonyl (C=O) groups excluding carboxylic acids is 2. The van der Waals surface area contributed by atoms with E-state index in [1.54, 1.807) is 0 Å². The van der Waals surface area contributed by atoms with Crippen molar-refractivity contribution >= 4 is 11.9 Å². The molecule has 0 radical (unpaired) electrons. The number of methoxy groups -OCH3 is 1. The third-order valence-electron chi connectivity index (χ3n) is 2.13. The standard InChI is InChI=1S/C13H22O5/c1-10(2)9-18-13(16)8-11(14)6-4-5-7-12(15)17-3/h8,10,14H,4-7,9H2,1-3H3/b11-8-. The average molecular weight is 258 g/mol. The molecule has 0 aliphatic carbocycles. The van der Waals surface area contributed by atoms with Gasteiger partial charge in [0.05, 0.1) is 25.6 Å². The first kappa shape index (κ1) is 16.5. The van der Waals surface area contributed by atoms with Crippen LogP contribution in [0.3, 0.4) is 0 Å². The fourth-order valence-electron chi connectivity index (χ4n) is 1.18. The Morgan fingerprint density at radius 1 is 1.22 bits per heavy atom. The molecule has 0 unspecified atom stereocenters. The number of hydrogen-bond donors (Lipinski definition) is 1. The first-order chi connectivity index (χ1) is 8.45. The molecule has 0 aromatic heterocycles. The molecule has 1 N–H and O–H groups in total. The van der Waals surface area contributed by atoms with Gasteiger partial charge in [-0.15, -0.1) is 0 Å². The Morgan fingerprint density at radius 2 is 1.83 bits per heavy atom. The molecule has 0 aliphatic rings. The van der Waals surface area contributed by atoms with Gasteiger partial charge in [0, 0.05) is 12.8 Å². The number of aliphatic hydroxyl groups excluding tert-OH is 1. The molecule has 104 valence electrons. The summed E-state index contributed by atoms with van der Waals surface area (Å²) >= 11 is 0. The first-order valence-electron chi connectivity index (χ1n) is 6.08. The number of hydrogen-bond acceptors (Lipinski definition) is 5. The Morgan fingerprint density at radius 3 is 2.39 bits per heavy atom. The molecule has 0 bridgehead atoms. The summed E-state index contributed by atoms with van der Waals surface area (Å²) in [6.07, 6.45) is 3.00. The molecule has 0 spiro atoms. The Hall–Kier alpha value is -1.52. The second kappa shape index (κ2) is 9.50. The molecule has 18 heavy (non-hydrogen) atoms. The van der Waals surface area contributed by atoms with Gasteiger partial charge in [-0.3, -0.25) is 4.79 Å². The molecule has 0 saturated heterocycles. The van der Waals surface area contributed by atoms with Crippen LogP contribution in [-0.2, 0) is 19.1 Å². The van der Waals surface area contributed by atoms with E-state index < -0.39 is 5.97 Å². The number of carbonyl (C=O) groups is 2. The number of rotatable bonds is 8. The molecule has 0 heterocycles. The third kappa shape index (κ3) is 9.69. The summed E-state index contributed by atoms with van der Waals surface area (Å²) in [5.74, 6) is -0.554. The smallest absolute Gasteiger partial charge is 0.334 e. The van der Waals surface area contributed by atoms with Crippen LogP contribution in [-0.4, -0.2) is 30.8 Å². The lowest BCUT2D eigenvalue weighted by atomic mass is 10.1. The van der Waals surface area contributed by atoms with Gasteiger partial charge in [-0.2, -0.15) is 0 Å². The minimum Gasteiger partial charge on any atom is -0.512 e. The zero-order chi connectivity index (χ0) is 14.0. The lowest BCUT2D eigenvalue weighted by Crippen LogP contribution is -2.08. The van der Waals surface area contributed by atoms with Crippen LogP contribution >= 0.6 is 0 Å². The van der Waals surface area contributed by atoms with Crippen molar-refractivity contribution in [1.29, 1.82) is 0 Å². The van der Waals surface area contributed by atoms with E-state index in [2.05, 4.69) is 4.74 Å². The van der Waals surface area contributed by atoms with Gasteiger partial charge in [-0.1, -0.05) is 13.8 Å². The number of esters is 2. The number of aliphatic hydroxyl groups is 1. The quantitative estimate of drug-likeness (QED) is 0.313. The summed E-state index contributed by atoms with van der Waals surface area (Å²) in [4.78, 5) is 22.0. The second-order valence-corrected chi connectivity index (χ2v) is 4.44. The zero-order valence-corrected chi connectivity index (χ0v) is 11.3. The molecule has 0 amide bonds. The van der Waals surface area contributed by atoms with E-state index in [1.807, 2.05) is 13.8 Å². The van der Waals surface area contributed by atoms with Gasteiger partial charge in [0.15, 0.2) is 0 Å². The van der Waals surface area contributed by atoms with Gasteiger partial charge in [-0.05, 0) is 18.8 Å². The van der Waals surface area contributed by atoms with Crippen LogP contribution in [0.5, 0.6) is 0 Å². The van der Waals surface area contributed by atoms with Crippen molar-refractivity contribution in [2.75, 3.05) is 13.7 Å². The fourth-order valence-corrected chi connectivity index (χ4v) is 1.18. The Kier molecular flexibility index (Phi) is 8.70. The number of ether oxygens (including phenoxy) is 2. The summed E-state index contributed by atoms with van der Waals surface area (Å²) < 4.78 is 9.37. The summed E-state index contributed by atoms with van der Waals surface area (Å²) in [6.45, 7) is 4.21. The molecule has 0 aromatic rings. The predicted molar refractivity (Wildman–Crippen MR) is 67.0 cm³/mol. The molecule has 0 aromatic carbocycles. The van der Waals surface area contributed by atoms with Gasteiger partial charge in [0.25, 0.3) is 0 Å². The topological polar surface area (TPSA) is 72.8 Å². The lowest BCUT2D eigenvalue weighted by molar-refractivity contribution is -0.141. The van der Waals surface area contributed by atoms with Crippen LogP contribution in [0, 0.1) is 5.92 Å². The number of unbranched alkanes of at least 4 members (excludes halogenated alkanes) is 1. The summed E-state index contributed by atoms with van der Waals surface area (Å²) in [6, 6.07) is 0. The maximum absolute atomic E-state index is 11.2. The molecule has 0 atom stereocenters. The van der Waals surface area contributed by atoms with Crippen molar-refractivity contribution in [1.82, 2.24) is 0 Å². The summed E-state index contributed by atoms with van der Waals surface area (Å²) in [5, 5.41) is 9.45. The lowest BCUT2D eigenvalue weighted by Gasteiger charge is -2.05. The van der Waals surface area contributed by atoms with Crippen LogP contribution in [0.15, 0.2) is 11.8 Å². The van der Waals surface area contributed by atoms with E-state index >= 15 is 0 Å². The highest BCUT2D eigenvalue weighted by Gasteiger charge is 2.04. The van der Waals surface area contributed by atoms with Gasteiger partial charge >= 0.3 is 11.9 Å². The Bertz CT molecular complexity index is 294. The monoisotopic (exact) mass is 258 g/mol. The third-order valence-corrected chi connectivity index (χ3v) is 2.13. The van der Waals surface area contributed by atoms with Crippen LogP contribution < -0.4 is 0 Å². The molecule has 0 rings (SSSR count). The molecular weight excluding hydrogens is 236 g/mol. The van der Waals surface area contributed by atoms with Gasteiger partial charge in [0.2, 0.25) is 0 Å². The van der Waals surface area contributed by atoms with Crippen molar-refractivity contribution in [2.45, 2.75) is 39.5 Å². The molecule has 0 aliphatic heterocycles. The van der Waals surface area contributed by atoms with E-state index in [0.717, 1.165) is 6.08 Å². The maximum Gasteiger partial charge on any atom is 0.334 e. The zero-order valence-electron chi connectivity index (χ0n) is 11.3. The summed E-state index contributed by atoms with van der Waals surface area (Å²) in [7, 11) is 1.34. The minimum atomic E-state index is -0.533. The van der Waals surface area contributed by atoms with E-state index in [-0.39, 0.29) is 17.6 Å². The molecule has 0 saturated carbocycles. The second-order valence-electron chi connectivity index (χ2n) is 4.44. The van der Waals surface area contributed by atoms with Crippen molar-refractivity contribution in [3.63, 3.8) is 0 Å². The average Bonchev–Trinajstić information content (AvgIpc) is 2.31.